The normalized spacial score (nSPS) is 15.5. The minimum absolute atomic E-state index is 0.177. The van der Waals surface area contributed by atoms with Gasteiger partial charge >= 0.3 is 0 Å². The van der Waals surface area contributed by atoms with Crippen molar-refractivity contribution < 1.29 is 4.79 Å². The third kappa shape index (κ3) is 7.37. The maximum absolute atomic E-state index is 12.2. The van der Waals surface area contributed by atoms with Gasteiger partial charge in [-0.15, -0.1) is 23.5 Å². The highest BCUT2D eigenvalue weighted by atomic mass is 32.2. The van der Waals surface area contributed by atoms with Crippen molar-refractivity contribution in [1.82, 2.24) is 16.2 Å². The number of nitrogens with one attached hydrogen (secondary N) is 3. The average Bonchev–Trinajstić information content (AvgIpc) is 3.19. The molecule has 0 radical (unpaired) electrons. The number of unbranched alkanes of at least 4 members (excludes halogenated alkanes) is 2. The molecule has 0 spiro atoms. The lowest BCUT2D eigenvalue weighted by Crippen LogP contribution is -2.47. The van der Waals surface area contributed by atoms with E-state index in [0.29, 0.717) is 21.2 Å². The van der Waals surface area contributed by atoms with Crippen LogP contribution >= 0.6 is 35.7 Å². The first-order valence-corrected chi connectivity index (χ1v) is 11.8. The van der Waals surface area contributed by atoms with E-state index in [2.05, 4.69) is 30.0 Å². The summed E-state index contributed by atoms with van der Waals surface area (Å²) in [4.78, 5) is 12.2. The molecular formula is C19H29N3OS3. The van der Waals surface area contributed by atoms with E-state index in [9.17, 15) is 4.79 Å². The monoisotopic (exact) mass is 411 g/mol. The van der Waals surface area contributed by atoms with Crippen molar-refractivity contribution in [3.63, 3.8) is 0 Å². The van der Waals surface area contributed by atoms with Gasteiger partial charge in [-0.25, -0.2) is 0 Å². The van der Waals surface area contributed by atoms with E-state index in [1.807, 2.05) is 47.8 Å². The number of thioether (sulfide) groups is 2. The minimum atomic E-state index is -0.177. The van der Waals surface area contributed by atoms with E-state index in [1.54, 1.807) is 0 Å². The molecule has 26 heavy (non-hydrogen) atoms. The van der Waals surface area contributed by atoms with Crippen molar-refractivity contribution in [2.24, 2.45) is 5.92 Å². The van der Waals surface area contributed by atoms with Crippen molar-refractivity contribution in [1.29, 1.82) is 0 Å². The Balaban J connectivity index is 1.68. The molecule has 7 heteroatoms. The van der Waals surface area contributed by atoms with Gasteiger partial charge in [0.25, 0.3) is 5.91 Å². The van der Waals surface area contributed by atoms with Gasteiger partial charge in [0.1, 0.15) is 0 Å². The van der Waals surface area contributed by atoms with Gasteiger partial charge in [0.2, 0.25) is 0 Å². The van der Waals surface area contributed by atoms with Crippen LogP contribution in [0.15, 0.2) is 24.3 Å². The molecule has 0 unspecified atom stereocenters. The van der Waals surface area contributed by atoms with E-state index in [4.69, 9.17) is 12.2 Å². The first kappa shape index (κ1) is 21.4. The van der Waals surface area contributed by atoms with Crippen molar-refractivity contribution >= 4 is 46.8 Å². The van der Waals surface area contributed by atoms with Crippen LogP contribution in [-0.2, 0) is 0 Å². The topological polar surface area (TPSA) is 53.2 Å². The largest absolute Gasteiger partial charge is 0.361 e. The molecule has 3 N–H and O–H groups in total. The summed E-state index contributed by atoms with van der Waals surface area (Å²) in [6, 6.07) is 7.83. The summed E-state index contributed by atoms with van der Waals surface area (Å²) >= 11 is 9.15. The summed E-state index contributed by atoms with van der Waals surface area (Å²) in [5.41, 5.74) is 7.35. The fourth-order valence-electron chi connectivity index (χ4n) is 2.68. The Morgan fingerprint density at radius 3 is 2.54 bits per heavy atom. The second-order valence-electron chi connectivity index (χ2n) is 6.59. The minimum Gasteiger partial charge on any atom is -0.361 e. The lowest BCUT2D eigenvalue weighted by atomic mass is 10.0. The van der Waals surface area contributed by atoms with Crippen molar-refractivity contribution in [3.8, 4) is 0 Å². The van der Waals surface area contributed by atoms with Crippen LogP contribution in [0.3, 0.4) is 0 Å². The first-order valence-electron chi connectivity index (χ1n) is 9.27. The van der Waals surface area contributed by atoms with Gasteiger partial charge in [0, 0.05) is 23.6 Å². The molecule has 1 aromatic carbocycles. The van der Waals surface area contributed by atoms with Crippen molar-refractivity contribution in [2.45, 2.75) is 44.1 Å². The van der Waals surface area contributed by atoms with E-state index < -0.39 is 0 Å². The Hall–Kier alpha value is -0.920. The molecule has 1 aromatic rings. The Morgan fingerprint density at radius 2 is 1.88 bits per heavy atom. The lowest BCUT2D eigenvalue weighted by Gasteiger charge is -2.15. The van der Waals surface area contributed by atoms with Gasteiger partial charge in [-0.1, -0.05) is 45.2 Å². The van der Waals surface area contributed by atoms with Gasteiger partial charge in [-0.2, -0.15) is 0 Å². The maximum Gasteiger partial charge on any atom is 0.269 e. The zero-order valence-electron chi connectivity index (χ0n) is 15.5. The van der Waals surface area contributed by atoms with Crippen molar-refractivity contribution in [3.05, 3.63) is 35.4 Å². The molecule has 4 nitrogen and oxygen atoms in total. The number of benzene rings is 1. The number of hydrogen-bond acceptors (Lipinski definition) is 4. The van der Waals surface area contributed by atoms with Crippen LogP contribution in [0.1, 0.15) is 60.0 Å². The van der Waals surface area contributed by atoms with Gasteiger partial charge in [-0.05, 0) is 42.3 Å². The Kier molecular flexibility index (Phi) is 9.64. The molecule has 0 bridgehead atoms. The number of carbonyl (C=O) groups is 1. The van der Waals surface area contributed by atoms with Crippen LogP contribution < -0.4 is 16.2 Å². The quantitative estimate of drug-likeness (QED) is 0.333. The van der Waals surface area contributed by atoms with Crippen molar-refractivity contribution in [2.75, 3.05) is 18.1 Å². The van der Waals surface area contributed by atoms with E-state index in [1.165, 1.54) is 42.8 Å². The predicted octanol–water partition coefficient (Wildman–Crippen LogP) is 4.49. The Morgan fingerprint density at radius 1 is 1.19 bits per heavy atom. The summed E-state index contributed by atoms with van der Waals surface area (Å²) in [5.74, 6) is 2.78. The Labute approximate surface area is 171 Å². The average molecular weight is 412 g/mol. The molecule has 1 saturated heterocycles. The van der Waals surface area contributed by atoms with E-state index in [0.717, 1.165) is 6.54 Å². The summed E-state index contributed by atoms with van der Waals surface area (Å²) in [6.07, 6.45) is 4.97. The molecule has 1 aliphatic heterocycles. The second kappa shape index (κ2) is 11.7. The fourth-order valence-corrected chi connectivity index (χ4v) is 5.68. The smallest absolute Gasteiger partial charge is 0.269 e. The maximum atomic E-state index is 12.2. The molecule has 0 aliphatic carbocycles. The lowest BCUT2D eigenvalue weighted by molar-refractivity contribution is 0.0943. The number of thiocarbonyl (C=S) groups is 1. The van der Waals surface area contributed by atoms with Gasteiger partial charge < -0.3 is 5.32 Å². The van der Waals surface area contributed by atoms with E-state index in [-0.39, 0.29) is 5.91 Å². The standard InChI is InChI=1S/C19H29N3OS3/c1-3-4-5-6-14(2)13-20-19(24)22-21-17(23)15-7-9-16(10-8-15)18-25-11-12-26-18/h7-10,14,18H,3-6,11-13H2,1-2H3,(H,21,23)(H2,20,22,24)/t14-/m0/s1. The molecule has 1 aliphatic rings. The number of carbonyl (C=O) groups excluding carboxylic acids is 1. The molecule has 0 aromatic heterocycles. The van der Waals surface area contributed by atoms with Crippen LogP contribution in [0.2, 0.25) is 0 Å². The highest BCUT2D eigenvalue weighted by Crippen LogP contribution is 2.45. The van der Waals surface area contributed by atoms with Crippen LogP contribution in [0.25, 0.3) is 0 Å². The summed E-state index contributed by atoms with van der Waals surface area (Å²) < 4.78 is 0.501. The molecular weight excluding hydrogens is 382 g/mol. The van der Waals surface area contributed by atoms with Crippen LogP contribution in [0.4, 0.5) is 0 Å². The predicted molar refractivity (Wildman–Crippen MR) is 119 cm³/mol. The number of hydrazine groups is 1. The zero-order valence-corrected chi connectivity index (χ0v) is 18.0. The van der Waals surface area contributed by atoms with Crippen LogP contribution in [0.5, 0.6) is 0 Å². The molecule has 2 rings (SSSR count). The molecule has 1 fully saturated rings. The summed E-state index contributed by atoms with van der Waals surface area (Å²) in [7, 11) is 0. The summed E-state index contributed by atoms with van der Waals surface area (Å²) in [5, 5.41) is 3.62. The molecule has 1 heterocycles. The van der Waals surface area contributed by atoms with Crippen LogP contribution in [0, 0.1) is 5.92 Å². The second-order valence-corrected chi connectivity index (χ2v) is 9.72. The highest BCUT2D eigenvalue weighted by molar-refractivity contribution is 8.19. The highest BCUT2D eigenvalue weighted by Gasteiger charge is 2.18. The Bertz CT molecular complexity index is 574. The molecule has 144 valence electrons. The zero-order chi connectivity index (χ0) is 18.8. The molecule has 0 saturated carbocycles. The van der Waals surface area contributed by atoms with Gasteiger partial charge in [-0.3, -0.25) is 15.6 Å². The number of amides is 1. The van der Waals surface area contributed by atoms with E-state index >= 15 is 0 Å². The van der Waals surface area contributed by atoms with Crippen LogP contribution in [-0.4, -0.2) is 29.1 Å². The summed E-state index contributed by atoms with van der Waals surface area (Å²) in [6.45, 7) is 5.24. The fraction of sp³-hybridized carbons (Fsp3) is 0.579. The third-order valence-electron chi connectivity index (χ3n) is 4.27. The molecule has 1 atom stereocenters. The molecule has 1 amide bonds. The number of hydrogen-bond donors (Lipinski definition) is 3. The SMILES string of the molecule is CCCCC[C@H](C)CNC(=S)NNC(=O)c1ccc(C2SCCS2)cc1. The first-order chi connectivity index (χ1) is 12.6. The third-order valence-corrected chi connectivity index (χ3v) is 7.62. The number of rotatable bonds is 8. The van der Waals surface area contributed by atoms with Gasteiger partial charge in [0.15, 0.2) is 5.11 Å². The van der Waals surface area contributed by atoms with Gasteiger partial charge in [0.05, 0.1) is 4.58 Å².